The summed E-state index contributed by atoms with van der Waals surface area (Å²) in [6, 6.07) is 15.4. The minimum atomic E-state index is -0.103. The first-order valence-corrected chi connectivity index (χ1v) is 9.81. The molecule has 0 aliphatic carbocycles. The van der Waals surface area contributed by atoms with Gasteiger partial charge in [0.1, 0.15) is 5.75 Å². The molecule has 0 saturated carbocycles. The van der Waals surface area contributed by atoms with Crippen molar-refractivity contribution in [3.05, 3.63) is 72.2 Å². The number of carbonyl (C=O) groups excluding carboxylic acids is 1. The lowest BCUT2D eigenvalue weighted by Gasteiger charge is -2.30. The second kappa shape index (κ2) is 9.89. The molecular weight excluding hydrogens is 366 g/mol. The van der Waals surface area contributed by atoms with E-state index in [2.05, 4.69) is 35.1 Å². The van der Waals surface area contributed by atoms with Crippen molar-refractivity contribution in [2.45, 2.75) is 19.9 Å². The number of oxazole rings is 1. The number of hydrogen-bond acceptors (Lipinski definition) is 5. The predicted molar refractivity (Wildman–Crippen MR) is 113 cm³/mol. The Bertz CT molecular complexity index is 903. The van der Waals surface area contributed by atoms with Gasteiger partial charge in [0, 0.05) is 17.7 Å². The molecule has 152 valence electrons. The molecule has 0 aliphatic heterocycles. The summed E-state index contributed by atoms with van der Waals surface area (Å²) in [5, 5.41) is 3.08. The van der Waals surface area contributed by atoms with Crippen molar-refractivity contribution in [3.63, 3.8) is 0 Å². The van der Waals surface area contributed by atoms with E-state index in [-0.39, 0.29) is 11.9 Å². The molecule has 1 N–H and O–H groups in total. The number of rotatable bonds is 9. The summed E-state index contributed by atoms with van der Waals surface area (Å²) in [5.41, 5.74) is 2.61. The average molecular weight is 393 g/mol. The highest BCUT2D eigenvalue weighted by Crippen LogP contribution is 2.24. The number of carbonyl (C=O) groups is 1. The summed E-state index contributed by atoms with van der Waals surface area (Å²) in [6.07, 6.45) is 3.04. The molecule has 0 unspecified atom stereocenters. The zero-order valence-electron chi connectivity index (χ0n) is 17.1. The first-order chi connectivity index (χ1) is 14.2. The van der Waals surface area contributed by atoms with Gasteiger partial charge in [0.25, 0.3) is 5.91 Å². The normalized spacial score (nSPS) is 12.0. The van der Waals surface area contributed by atoms with Crippen molar-refractivity contribution in [2.24, 2.45) is 0 Å². The maximum Gasteiger partial charge on any atom is 0.251 e. The Balaban J connectivity index is 1.72. The third kappa shape index (κ3) is 5.03. The van der Waals surface area contributed by atoms with Gasteiger partial charge in [-0.1, -0.05) is 38.1 Å². The summed E-state index contributed by atoms with van der Waals surface area (Å²) < 4.78 is 10.7. The van der Waals surface area contributed by atoms with Gasteiger partial charge in [-0.15, -0.1) is 0 Å². The van der Waals surface area contributed by atoms with Crippen LogP contribution in [0.1, 0.15) is 35.8 Å². The van der Waals surface area contributed by atoms with Crippen LogP contribution in [0.4, 0.5) is 0 Å². The number of ether oxygens (including phenoxy) is 1. The van der Waals surface area contributed by atoms with Gasteiger partial charge in [0.15, 0.2) is 12.2 Å². The lowest BCUT2D eigenvalue weighted by Crippen LogP contribution is -2.38. The zero-order valence-corrected chi connectivity index (χ0v) is 17.1. The van der Waals surface area contributed by atoms with Crippen molar-refractivity contribution in [2.75, 3.05) is 26.7 Å². The minimum Gasteiger partial charge on any atom is -0.497 e. The molecule has 1 amide bonds. The molecule has 1 atom stereocenters. The largest absolute Gasteiger partial charge is 0.497 e. The number of nitrogens with one attached hydrogen (secondary N) is 1. The molecule has 3 rings (SSSR count). The van der Waals surface area contributed by atoms with E-state index in [9.17, 15) is 4.79 Å². The molecule has 0 aliphatic rings. The highest BCUT2D eigenvalue weighted by atomic mass is 16.5. The lowest BCUT2D eigenvalue weighted by atomic mass is 10.0. The highest BCUT2D eigenvalue weighted by Gasteiger charge is 2.20. The van der Waals surface area contributed by atoms with Crippen LogP contribution < -0.4 is 10.1 Å². The summed E-state index contributed by atoms with van der Waals surface area (Å²) in [5.74, 6) is 1.39. The van der Waals surface area contributed by atoms with Gasteiger partial charge in [0.2, 0.25) is 0 Å². The molecule has 6 heteroatoms. The van der Waals surface area contributed by atoms with Crippen molar-refractivity contribution >= 4 is 5.91 Å². The fraction of sp³-hybridized carbons (Fsp3) is 0.304. The second-order valence-corrected chi connectivity index (χ2v) is 6.67. The maximum atomic E-state index is 12.7. The predicted octanol–water partition coefficient (Wildman–Crippen LogP) is 4.16. The summed E-state index contributed by atoms with van der Waals surface area (Å²) >= 11 is 0. The summed E-state index contributed by atoms with van der Waals surface area (Å²) in [4.78, 5) is 19.0. The van der Waals surface area contributed by atoms with Gasteiger partial charge < -0.3 is 14.5 Å². The van der Waals surface area contributed by atoms with Gasteiger partial charge in [0.05, 0.1) is 19.3 Å². The molecule has 0 spiro atoms. The Hall–Kier alpha value is -3.12. The Morgan fingerprint density at radius 3 is 2.55 bits per heavy atom. The Labute approximate surface area is 171 Å². The van der Waals surface area contributed by atoms with E-state index in [1.807, 2.05) is 30.3 Å². The third-order valence-electron chi connectivity index (χ3n) is 5.05. The number of methoxy groups -OCH3 is 1. The molecule has 3 aromatic rings. The van der Waals surface area contributed by atoms with Crippen LogP contribution >= 0.6 is 0 Å². The maximum absolute atomic E-state index is 12.7. The van der Waals surface area contributed by atoms with Gasteiger partial charge in [-0.2, -0.15) is 0 Å². The number of nitrogens with zero attached hydrogens (tertiary/aromatic N) is 2. The average Bonchev–Trinajstić information content (AvgIpc) is 3.31. The fourth-order valence-electron chi connectivity index (χ4n) is 3.41. The summed E-state index contributed by atoms with van der Waals surface area (Å²) in [7, 11) is 1.66. The first-order valence-electron chi connectivity index (χ1n) is 9.81. The minimum absolute atomic E-state index is 0.0671. The standard InChI is InChI=1S/C23H27N3O3/c1-4-26(5-2)21(19-7-6-8-20(13-19)28-3)14-25-23(27)18-11-9-17(10-12-18)22-15-24-16-29-22/h6-13,15-16,21H,4-5,14H2,1-3H3,(H,25,27)/t21-/m1/s1. The van der Waals surface area contributed by atoms with E-state index in [0.717, 1.165) is 30.0 Å². The molecular formula is C23H27N3O3. The first kappa shape index (κ1) is 20.6. The van der Waals surface area contributed by atoms with Gasteiger partial charge in [-0.05, 0) is 42.9 Å². The van der Waals surface area contributed by atoms with Crippen LogP contribution in [0.15, 0.2) is 65.5 Å². The molecule has 6 nitrogen and oxygen atoms in total. The number of aromatic nitrogens is 1. The van der Waals surface area contributed by atoms with Crippen molar-refractivity contribution in [1.29, 1.82) is 0 Å². The van der Waals surface area contributed by atoms with E-state index in [0.29, 0.717) is 17.9 Å². The zero-order chi connectivity index (χ0) is 20.6. The summed E-state index contributed by atoms with van der Waals surface area (Å²) in [6.45, 7) is 6.54. The lowest BCUT2D eigenvalue weighted by molar-refractivity contribution is 0.0935. The van der Waals surface area contributed by atoms with Crippen LogP contribution in [0.3, 0.4) is 0 Å². The molecule has 0 radical (unpaired) electrons. The van der Waals surface area contributed by atoms with Crippen LogP contribution in [0, 0.1) is 0 Å². The van der Waals surface area contributed by atoms with Crippen LogP contribution in [-0.4, -0.2) is 42.5 Å². The smallest absolute Gasteiger partial charge is 0.251 e. The number of benzene rings is 2. The number of likely N-dealkylation sites (N-methyl/N-ethyl adjacent to an activating group) is 1. The Kier molecular flexibility index (Phi) is 7.03. The molecule has 2 aromatic carbocycles. The van der Waals surface area contributed by atoms with Crippen molar-refractivity contribution < 1.29 is 13.9 Å². The van der Waals surface area contributed by atoms with Gasteiger partial charge in [-0.3, -0.25) is 9.69 Å². The van der Waals surface area contributed by atoms with Crippen LogP contribution in [0.25, 0.3) is 11.3 Å². The number of amides is 1. The van der Waals surface area contributed by atoms with E-state index in [1.54, 1.807) is 25.4 Å². The highest BCUT2D eigenvalue weighted by molar-refractivity contribution is 5.94. The van der Waals surface area contributed by atoms with Crippen LogP contribution in [-0.2, 0) is 0 Å². The molecule has 1 heterocycles. The van der Waals surface area contributed by atoms with Crippen LogP contribution in [0.5, 0.6) is 5.75 Å². The SMILES string of the molecule is CCN(CC)[C@H](CNC(=O)c1ccc(-c2cnco2)cc1)c1cccc(OC)c1. The quantitative estimate of drug-likeness (QED) is 0.591. The van der Waals surface area contributed by atoms with E-state index < -0.39 is 0 Å². The fourth-order valence-corrected chi connectivity index (χ4v) is 3.41. The monoisotopic (exact) mass is 393 g/mol. The second-order valence-electron chi connectivity index (χ2n) is 6.67. The molecule has 29 heavy (non-hydrogen) atoms. The molecule has 0 bridgehead atoms. The molecule has 0 fully saturated rings. The van der Waals surface area contributed by atoms with Crippen molar-refractivity contribution in [1.82, 2.24) is 15.2 Å². The van der Waals surface area contributed by atoms with Crippen molar-refractivity contribution in [3.8, 4) is 17.1 Å². The topological polar surface area (TPSA) is 67.6 Å². The van der Waals surface area contributed by atoms with E-state index in [4.69, 9.17) is 9.15 Å². The van der Waals surface area contributed by atoms with E-state index >= 15 is 0 Å². The Morgan fingerprint density at radius 2 is 1.93 bits per heavy atom. The van der Waals surface area contributed by atoms with Gasteiger partial charge >= 0.3 is 0 Å². The Morgan fingerprint density at radius 1 is 1.17 bits per heavy atom. The number of hydrogen-bond donors (Lipinski definition) is 1. The van der Waals surface area contributed by atoms with Crippen LogP contribution in [0.2, 0.25) is 0 Å². The van der Waals surface area contributed by atoms with E-state index in [1.165, 1.54) is 6.39 Å². The molecule has 0 saturated heterocycles. The van der Waals surface area contributed by atoms with Gasteiger partial charge in [-0.25, -0.2) is 4.98 Å². The third-order valence-corrected chi connectivity index (χ3v) is 5.05. The molecule has 1 aromatic heterocycles.